The van der Waals surface area contributed by atoms with Crippen LogP contribution in [0.4, 0.5) is 5.69 Å². The number of carbonyl (C=O) groups is 1. The fraction of sp³-hybridized carbons (Fsp3) is 0.409. The summed E-state index contributed by atoms with van der Waals surface area (Å²) < 4.78 is 11.0. The minimum absolute atomic E-state index is 0.0354. The van der Waals surface area contributed by atoms with Crippen LogP contribution in [0.1, 0.15) is 17.3 Å². The van der Waals surface area contributed by atoms with Crippen LogP contribution in [0.3, 0.4) is 0 Å². The first-order valence-corrected chi connectivity index (χ1v) is 10.1. The van der Waals surface area contributed by atoms with E-state index in [1.165, 1.54) is 14.0 Å². The number of Topliss-reactive ketones (excluding diaryl/α,β-unsaturated/α-hetero) is 1. The third-order valence-electron chi connectivity index (χ3n) is 5.02. The molecule has 0 radical (unpaired) electrons. The number of β-amino-alcohol motifs (C(OH)–C–C–N with tert-alkyl or cyclic N) is 1. The zero-order chi connectivity index (χ0) is 20.8. The van der Waals surface area contributed by atoms with E-state index in [0.29, 0.717) is 23.6 Å². The van der Waals surface area contributed by atoms with Gasteiger partial charge in [0.25, 0.3) is 0 Å². The van der Waals surface area contributed by atoms with Gasteiger partial charge in [0, 0.05) is 49.0 Å². The van der Waals surface area contributed by atoms with Crippen molar-refractivity contribution in [2.45, 2.75) is 13.0 Å². The Balaban J connectivity index is 1.47. The van der Waals surface area contributed by atoms with Crippen molar-refractivity contribution in [1.82, 2.24) is 4.90 Å². The van der Waals surface area contributed by atoms with Crippen molar-refractivity contribution in [2.75, 3.05) is 51.3 Å². The van der Waals surface area contributed by atoms with Gasteiger partial charge in [0.15, 0.2) is 17.3 Å². The van der Waals surface area contributed by atoms with Crippen LogP contribution in [-0.2, 0) is 0 Å². The molecule has 2 aromatic rings. The van der Waals surface area contributed by atoms with Gasteiger partial charge in [0.05, 0.1) is 7.11 Å². The van der Waals surface area contributed by atoms with Crippen molar-refractivity contribution in [2.24, 2.45) is 0 Å². The molecule has 7 heteroatoms. The second kappa shape index (κ2) is 9.96. The molecule has 0 aliphatic carbocycles. The lowest BCUT2D eigenvalue weighted by atomic mass is 10.1. The first-order valence-electron chi connectivity index (χ1n) is 9.69. The standard InChI is InChI=1S/C22H27ClN2O4/c1-16(26)17-6-7-21(22(12-17)28-2)29-15-20(27)14-24-8-10-25(11-9-24)19-5-3-4-18(23)13-19/h3-7,12-13,20,27H,8-11,14-15H2,1-2H3/t20-/m0/s1. The quantitative estimate of drug-likeness (QED) is 0.664. The molecule has 0 saturated carbocycles. The van der Waals surface area contributed by atoms with E-state index in [-0.39, 0.29) is 12.4 Å². The molecule has 0 aromatic heterocycles. The first-order chi connectivity index (χ1) is 14.0. The molecule has 1 saturated heterocycles. The molecule has 3 rings (SSSR count). The van der Waals surface area contributed by atoms with Crippen molar-refractivity contribution < 1.29 is 19.4 Å². The van der Waals surface area contributed by atoms with Gasteiger partial charge in [-0.2, -0.15) is 0 Å². The molecule has 1 atom stereocenters. The Hall–Kier alpha value is -2.28. The van der Waals surface area contributed by atoms with Crippen molar-refractivity contribution in [3.63, 3.8) is 0 Å². The summed E-state index contributed by atoms with van der Waals surface area (Å²) in [5, 5.41) is 11.1. The predicted molar refractivity (Wildman–Crippen MR) is 115 cm³/mol. The van der Waals surface area contributed by atoms with Crippen LogP contribution in [0.5, 0.6) is 11.5 Å². The Morgan fingerprint density at radius 3 is 2.55 bits per heavy atom. The van der Waals surface area contributed by atoms with E-state index in [9.17, 15) is 9.90 Å². The Bertz CT molecular complexity index is 837. The summed E-state index contributed by atoms with van der Waals surface area (Å²) >= 11 is 6.08. The van der Waals surface area contributed by atoms with E-state index >= 15 is 0 Å². The monoisotopic (exact) mass is 418 g/mol. The third kappa shape index (κ3) is 5.85. The normalized spacial score (nSPS) is 15.8. The second-order valence-electron chi connectivity index (χ2n) is 7.15. The van der Waals surface area contributed by atoms with Gasteiger partial charge in [-0.1, -0.05) is 17.7 Å². The van der Waals surface area contributed by atoms with Crippen molar-refractivity contribution in [3.05, 3.63) is 53.1 Å². The maximum absolute atomic E-state index is 11.5. The number of benzene rings is 2. The Morgan fingerprint density at radius 2 is 1.90 bits per heavy atom. The van der Waals surface area contributed by atoms with Crippen LogP contribution < -0.4 is 14.4 Å². The van der Waals surface area contributed by atoms with E-state index < -0.39 is 6.10 Å². The highest BCUT2D eigenvalue weighted by Crippen LogP contribution is 2.28. The van der Waals surface area contributed by atoms with Gasteiger partial charge in [-0.05, 0) is 43.3 Å². The molecule has 2 aromatic carbocycles. The Morgan fingerprint density at radius 1 is 1.14 bits per heavy atom. The van der Waals surface area contributed by atoms with Crippen LogP contribution in [0.15, 0.2) is 42.5 Å². The number of hydrogen-bond acceptors (Lipinski definition) is 6. The summed E-state index contributed by atoms with van der Waals surface area (Å²) in [6.45, 7) is 5.69. The van der Waals surface area contributed by atoms with Crippen molar-refractivity contribution in [1.29, 1.82) is 0 Å². The molecule has 1 heterocycles. The number of aliphatic hydroxyl groups is 1. The lowest BCUT2D eigenvalue weighted by molar-refractivity contribution is 0.0653. The van der Waals surface area contributed by atoms with Crippen LogP contribution >= 0.6 is 11.6 Å². The molecule has 1 N–H and O–H groups in total. The van der Waals surface area contributed by atoms with E-state index in [1.807, 2.05) is 18.2 Å². The number of ether oxygens (including phenoxy) is 2. The highest BCUT2D eigenvalue weighted by Gasteiger charge is 2.20. The Labute approximate surface area is 176 Å². The van der Waals surface area contributed by atoms with E-state index in [2.05, 4.69) is 15.9 Å². The number of carbonyl (C=O) groups excluding carboxylic acids is 1. The number of methoxy groups -OCH3 is 1. The highest BCUT2D eigenvalue weighted by molar-refractivity contribution is 6.30. The average molecular weight is 419 g/mol. The smallest absolute Gasteiger partial charge is 0.161 e. The fourth-order valence-corrected chi connectivity index (χ4v) is 3.59. The summed E-state index contributed by atoms with van der Waals surface area (Å²) in [4.78, 5) is 16.0. The average Bonchev–Trinajstić information content (AvgIpc) is 2.72. The van der Waals surface area contributed by atoms with E-state index in [0.717, 1.165) is 36.9 Å². The molecule has 6 nitrogen and oxygen atoms in total. The van der Waals surface area contributed by atoms with Crippen molar-refractivity contribution >= 4 is 23.1 Å². The molecule has 0 spiro atoms. The summed E-state index contributed by atoms with van der Waals surface area (Å²) in [6, 6.07) is 12.9. The second-order valence-corrected chi connectivity index (χ2v) is 7.59. The SMILES string of the molecule is COc1cc(C(C)=O)ccc1OC[C@@H](O)CN1CCN(c2cccc(Cl)c2)CC1. The van der Waals surface area contributed by atoms with Gasteiger partial charge in [-0.25, -0.2) is 0 Å². The van der Waals surface area contributed by atoms with Gasteiger partial charge in [0.2, 0.25) is 0 Å². The van der Waals surface area contributed by atoms with Gasteiger partial charge < -0.3 is 19.5 Å². The summed E-state index contributed by atoms with van der Waals surface area (Å²) in [6.07, 6.45) is -0.620. The molecule has 29 heavy (non-hydrogen) atoms. The maximum Gasteiger partial charge on any atom is 0.161 e. The summed E-state index contributed by atoms with van der Waals surface area (Å²) in [7, 11) is 1.53. The summed E-state index contributed by atoms with van der Waals surface area (Å²) in [5.74, 6) is 0.967. The number of nitrogens with zero attached hydrogens (tertiary/aromatic N) is 2. The van der Waals surface area contributed by atoms with Crippen LogP contribution in [0, 0.1) is 0 Å². The molecule has 0 amide bonds. The van der Waals surface area contributed by atoms with Crippen LogP contribution in [-0.4, -0.2) is 68.3 Å². The number of piperazine rings is 1. The van der Waals surface area contributed by atoms with Gasteiger partial charge in [-0.15, -0.1) is 0 Å². The lowest BCUT2D eigenvalue weighted by Gasteiger charge is -2.36. The molecular formula is C22H27ClN2O4. The van der Waals surface area contributed by atoms with Gasteiger partial charge in [-0.3, -0.25) is 9.69 Å². The number of aliphatic hydroxyl groups excluding tert-OH is 1. The number of halogens is 1. The maximum atomic E-state index is 11.5. The molecule has 156 valence electrons. The highest BCUT2D eigenvalue weighted by atomic mass is 35.5. The number of hydrogen-bond donors (Lipinski definition) is 1. The number of anilines is 1. The summed E-state index contributed by atoms with van der Waals surface area (Å²) in [5.41, 5.74) is 1.69. The predicted octanol–water partition coefficient (Wildman–Crippen LogP) is 3.11. The minimum atomic E-state index is -0.620. The van der Waals surface area contributed by atoms with Gasteiger partial charge >= 0.3 is 0 Å². The fourth-order valence-electron chi connectivity index (χ4n) is 3.40. The van der Waals surface area contributed by atoms with Crippen LogP contribution in [0.2, 0.25) is 5.02 Å². The topological polar surface area (TPSA) is 62.2 Å². The zero-order valence-corrected chi connectivity index (χ0v) is 17.6. The number of ketones is 1. The largest absolute Gasteiger partial charge is 0.493 e. The molecule has 1 fully saturated rings. The molecular weight excluding hydrogens is 392 g/mol. The lowest BCUT2D eigenvalue weighted by Crippen LogP contribution is -2.49. The zero-order valence-electron chi connectivity index (χ0n) is 16.8. The number of rotatable bonds is 8. The molecule has 0 bridgehead atoms. The van der Waals surface area contributed by atoms with E-state index in [1.54, 1.807) is 18.2 Å². The molecule has 1 aliphatic heterocycles. The first kappa shape index (κ1) is 21.4. The third-order valence-corrected chi connectivity index (χ3v) is 5.25. The van der Waals surface area contributed by atoms with Crippen LogP contribution in [0.25, 0.3) is 0 Å². The van der Waals surface area contributed by atoms with Crippen molar-refractivity contribution in [3.8, 4) is 11.5 Å². The van der Waals surface area contributed by atoms with Gasteiger partial charge in [0.1, 0.15) is 12.7 Å². The minimum Gasteiger partial charge on any atom is -0.493 e. The Kier molecular flexibility index (Phi) is 7.36. The molecule has 0 unspecified atom stereocenters. The van der Waals surface area contributed by atoms with E-state index in [4.69, 9.17) is 21.1 Å². The molecule has 1 aliphatic rings.